The number of rotatable bonds is 6. The summed E-state index contributed by atoms with van der Waals surface area (Å²) in [7, 11) is 0. The molecule has 30 heavy (non-hydrogen) atoms. The number of primary amides is 1. The van der Waals surface area contributed by atoms with E-state index in [1.54, 1.807) is 30.3 Å². The Morgan fingerprint density at radius 1 is 1.07 bits per heavy atom. The van der Waals surface area contributed by atoms with Gasteiger partial charge in [0.15, 0.2) is 10.4 Å². The zero-order chi connectivity index (χ0) is 21.8. The van der Waals surface area contributed by atoms with Crippen LogP contribution < -0.4 is 16.4 Å². The standard InChI is InChI=1S/C21H17BrFN3O4/c1-11-15(23)9-13(20(24)28)10-16(11)26-19(27)8-12-2-4-14(5-3-12)25-21(29)17-6-7-18(22)30-17/h2-7,9-10H,8H2,1H3,(H2,24,28)(H,25,29)(H,26,27). The Bertz CT molecular complexity index is 1130. The molecule has 4 N–H and O–H groups in total. The summed E-state index contributed by atoms with van der Waals surface area (Å²) < 4.78 is 19.6. The molecule has 0 atom stereocenters. The lowest BCUT2D eigenvalue weighted by Gasteiger charge is -2.11. The first-order valence-corrected chi connectivity index (χ1v) is 9.57. The van der Waals surface area contributed by atoms with Gasteiger partial charge in [-0.3, -0.25) is 14.4 Å². The molecule has 1 aromatic heterocycles. The predicted octanol–water partition coefficient (Wildman–Crippen LogP) is 4.02. The first kappa shape index (κ1) is 21.3. The molecule has 0 aliphatic rings. The number of benzene rings is 2. The van der Waals surface area contributed by atoms with Gasteiger partial charge in [0.05, 0.1) is 6.42 Å². The lowest BCUT2D eigenvalue weighted by atomic mass is 10.1. The second kappa shape index (κ2) is 8.91. The van der Waals surface area contributed by atoms with Gasteiger partial charge in [0, 0.05) is 22.5 Å². The van der Waals surface area contributed by atoms with Crippen LogP contribution in [0.1, 0.15) is 32.0 Å². The Hall–Kier alpha value is -3.46. The minimum atomic E-state index is -0.788. The molecular weight excluding hydrogens is 457 g/mol. The number of nitrogens with two attached hydrogens (primary N) is 1. The Kier molecular flexibility index (Phi) is 6.31. The van der Waals surface area contributed by atoms with E-state index in [4.69, 9.17) is 10.2 Å². The van der Waals surface area contributed by atoms with E-state index < -0.39 is 23.5 Å². The van der Waals surface area contributed by atoms with Crippen LogP contribution in [0, 0.1) is 12.7 Å². The summed E-state index contributed by atoms with van der Waals surface area (Å²) in [6, 6.07) is 12.2. The van der Waals surface area contributed by atoms with Crippen LogP contribution in [0.15, 0.2) is 57.6 Å². The number of nitrogens with one attached hydrogen (secondary N) is 2. The molecule has 0 saturated heterocycles. The topological polar surface area (TPSA) is 114 Å². The van der Waals surface area contributed by atoms with Crippen LogP contribution in [0.25, 0.3) is 0 Å². The van der Waals surface area contributed by atoms with Gasteiger partial charge in [-0.15, -0.1) is 0 Å². The van der Waals surface area contributed by atoms with Crippen molar-refractivity contribution in [3.05, 3.63) is 81.5 Å². The smallest absolute Gasteiger partial charge is 0.291 e. The molecule has 9 heteroatoms. The van der Waals surface area contributed by atoms with E-state index in [0.717, 1.165) is 6.07 Å². The molecule has 0 unspecified atom stereocenters. The molecule has 0 saturated carbocycles. The number of hydrogen-bond donors (Lipinski definition) is 3. The van der Waals surface area contributed by atoms with Crippen molar-refractivity contribution in [2.45, 2.75) is 13.3 Å². The Labute approximate surface area is 179 Å². The second-order valence-electron chi connectivity index (χ2n) is 6.47. The van der Waals surface area contributed by atoms with Crippen LogP contribution in [0.5, 0.6) is 0 Å². The van der Waals surface area contributed by atoms with Crippen LogP contribution in [-0.4, -0.2) is 17.7 Å². The van der Waals surface area contributed by atoms with Crippen molar-refractivity contribution in [3.63, 3.8) is 0 Å². The minimum absolute atomic E-state index is 0.0151. The minimum Gasteiger partial charge on any atom is -0.444 e. The average molecular weight is 474 g/mol. The summed E-state index contributed by atoms with van der Waals surface area (Å²) in [6.45, 7) is 1.49. The van der Waals surface area contributed by atoms with Gasteiger partial charge in [-0.2, -0.15) is 0 Å². The average Bonchev–Trinajstić information content (AvgIpc) is 3.13. The molecule has 2 aromatic carbocycles. The lowest BCUT2D eigenvalue weighted by Crippen LogP contribution is -2.18. The summed E-state index contributed by atoms with van der Waals surface area (Å²) in [5, 5.41) is 5.28. The molecule has 3 aromatic rings. The molecular formula is C21H17BrFN3O4. The van der Waals surface area contributed by atoms with E-state index in [2.05, 4.69) is 26.6 Å². The molecule has 154 valence electrons. The Morgan fingerprint density at radius 3 is 2.37 bits per heavy atom. The first-order valence-electron chi connectivity index (χ1n) is 8.78. The second-order valence-corrected chi connectivity index (χ2v) is 7.26. The van der Waals surface area contributed by atoms with Crippen LogP contribution in [0.3, 0.4) is 0 Å². The molecule has 0 fully saturated rings. The van der Waals surface area contributed by atoms with E-state index in [1.165, 1.54) is 19.1 Å². The predicted molar refractivity (Wildman–Crippen MR) is 113 cm³/mol. The van der Waals surface area contributed by atoms with Gasteiger partial charge in [-0.1, -0.05) is 12.1 Å². The van der Waals surface area contributed by atoms with Gasteiger partial charge in [0.25, 0.3) is 5.91 Å². The molecule has 0 spiro atoms. The SMILES string of the molecule is Cc1c(F)cc(C(N)=O)cc1NC(=O)Cc1ccc(NC(=O)c2ccc(Br)o2)cc1. The van der Waals surface area contributed by atoms with Gasteiger partial charge >= 0.3 is 0 Å². The van der Waals surface area contributed by atoms with Crippen LogP contribution in [-0.2, 0) is 11.2 Å². The van der Waals surface area contributed by atoms with Crippen LogP contribution in [0.2, 0.25) is 0 Å². The molecule has 0 bridgehead atoms. The fraction of sp³-hybridized carbons (Fsp3) is 0.0952. The normalized spacial score (nSPS) is 10.5. The zero-order valence-corrected chi connectivity index (χ0v) is 17.4. The van der Waals surface area contributed by atoms with Gasteiger partial charge in [-0.25, -0.2) is 4.39 Å². The molecule has 0 aliphatic heterocycles. The van der Waals surface area contributed by atoms with Gasteiger partial charge in [0.2, 0.25) is 11.8 Å². The van der Waals surface area contributed by atoms with E-state index in [1.807, 2.05) is 0 Å². The van der Waals surface area contributed by atoms with Gasteiger partial charge in [0.1, 0.15) is 5.82 Å². The summed E-state index contributed by atoms with van der Waals surface area (Å²) in [4.78, 5) is 35.7. The maximum atomic E-state index is 13.9. The van der Waals surface area contributed by atoms with Crippen molar-refractivity contribution >= 4 is 45.0 Å². The van der Waals surface area contributed by atoms with Crippen LogP contribution >= 0.6 is 15.9 Å². The maximum Gasteiger partial charge on any atom is 0.291 e. The van der Waals surface area contributed by atoms with Crippen molar-refractivity contribution < 1.29 is 23.2 Å². The summed E-state index contributed by atoms with van der Waals surface area (Å²) in [5.74, 6) is -2.06. The summed E-state index contributed by atoms with van der Waals surface area (Å²) >= 11 is 3.13. The van der Waals surface area contributed by atoms with Crippen molar-refractivity contribution in [1.82, 2.24) is 0 Å². The van der Waals surface area contributed by atoms with E-state index in [0.29, 0.717) is 15.9 Å². The van der Waals surface area contributed by atoms with Crippen molar-refractivity contribution in [2.75, 3.05) is 10.6 Å². The Balaban J connectivity index is 1.64. The maximum absolute atomic E-state index is 13.9. The largest absolute Gasteiger partial charge is 0.444 e. The highest BCUT2D eigenvalue weighted by atomic mass is 79.9. The van der Waals surface area contributed by atoms with Crippen molar-refractivity contribution in [3.8, 4) is 0 Å². The molecule has 1 heterocycles. The highest BCUT2D eigenvalue weighted by Crippen LogP contribution is 2.21. The van der Waals surface area contributed by atoms with E-state index in [-0.39, 0.29) is 29.0 Å². The van der Waals surface area contributed by atoms with Gasteiger partial charge in [-0.05, 0) is 64.8 Å². The molecule has 3 rings (SSSR count). The Morgan fingerprint density at radius 2 is 1.77 bits per heavy atom. The number of furan rings is 1. The third kappa shape index (κ3) is 5.12. The highest BCUT2D eigenvalue weighted by Gasteiger charge is 2.14. The lowest BCUT2D eigenvalue weighted by molar-refractivity contribution is -0.115. The molecule has 7 nitrogen and oxygen atoms in total. The monoisotopic (exact) mass is 473 g/mol. The number of hydrogen-bond acceptors (Lipinski definition) is 4. The summed E-state index contributed by atoms with van der Waals surface area (Å²) in [5.41, 5.74) is 6.75. The molecule has 0 radical (unpaired) electrons. The molecule has 0 aliphatic carbocycles. The quantitative estimate of drug-likeness (QED) is 0.501. The fourth-order valence-electron chi connectivity index (χ4n) is 2.67. The third-order valence-corrected chi connectivity index (χ3v) is 4.70. The van der Waals surface area contributed by atoms with Crippen molar-refractivity contribution in [2.24, 2.45) is 5.73 Å². The first-order chi connectivity index (χ1) is 14.2. The molecule has 3 amide bonds. The fourth-order valence-corrected chi connectivity index (χ4v) is 2.97. The summed E-state index contributed by atoms with van der Waals surface area (Å²) in [6.07, 6.45) is 0.0151. The zero-order valence-electron chi connectivity index (χ0n) is 15.8. The van der Waals surface area contributed by atoms with Crippen molar-refractivity contribution in [1.29, 1.82) is 0 Å². The number of carbonyl (C=O) groups is 3. The van der Waals surface area contributed by atoms with Crippen LogP contribution in [0.4, 0.5) is 15.8 Å². The third-order valence-electron chi connectivity index (χ3n) is 4.28. The van der Waals surface area contributed by atoms with Gasteiger partial charge < -0.3 is 20.8 Å². The number of carbonyl (C=O) groups excluding carboxylic acids is 3. The number of halogens is 2. The highest BCUT2D eigenvalue weighted by molar-refractivity contribution is 9.10. The number of amides is 3. The number of anilines is 2. The van der Waals surface area contributed by atoms with E-state index >= 15 is 0 Å². The van der Waals surface area contributed by atoms with E-state index in [9.17, 15) is 18.8 Å².